The van der Waals surface area contributed by atoms with Crippen molar-refractivity contribution in [3.8, 4) is 0 Å². The number of halogens is 1. The molecule has 0 aliphatic heterocycles. The van der Waals surface area contributed by atoms with Gasteiger partial charge in [-0.3, -0.25) is 0 Å². The first kappa shape index (κ1) is 15.8. The first-order chi connectivity index (χ1) is 9.67. The summed E-state index contributed by atoms with van der Waals surface area (Å²) in [5, 5.41) is 16.3. The summed E-state index contributed by atoms with van der Waals surface area (Å²) in [6, 6.07) is 4.57. The SMILES string of the molecule is CCNC(=NCc1ccc(Br)s1)NC1CCC(O)CC1. The van der Waals surface area contributed by atoms with E-state index in [0.29, 0.717) is 12.6 Å². The molecule has 0 radical (unpaired) electrons. The topological polar surface area (TPSA) is 56.7 Å². The van der Waals surface area contributed by atoms with E-state index in [0.717, 1.165) is 42.0 Å². The van der Waals surface area contributed by atoms with Crippen LogP contribution in [0, 0.1) is 0 Å². The third-order valence-electron chi connectivity index (χ3n) is 3.40. The minimum Gasteiger partial charge on any atom is -0.393 e. The first-order valence-electron chi connectivity index (χ1n) is 7.14. The van der Waals surface area contributed by atoms with E-state index in [4.69, 9.17) is 0 Å². The molecule has 4 nitrogen and oxygen atoms in total. The lowest BCUT2D eigenvalue weighted by atomic mass is 9.93. The highest BCUT2D eigenvalue weighted by molar-refractivity contribution is 9.11. The van der Waals surface area contributed by atoms with Gasteiger partial charge in [0.1, 0.15) is 0 Å². The molecule has 1 heterocycles. The molecule has 2 rings (SSSR count). The van der Waals surface area contributed by atoms with Crippen LogP contribution in [-0.2, 0) is 6.54 Å². The molecule has 20 heavy (non-hydrogen) atoms. The van der Waals surface area contributed by atoms with Crippen molar-refractivity contribution in [1.29, 1.82) is 0 Å². The van der Waals surface area contributed by atoms with E-state index in [1.165, 1.54) is 4.88 Å². The molecule has 1 aliphatic carbocycles. The van der Waals surface area contributed by atoms with Crippen LogP contribution in [0.4, 0.5) is 0 Å². The number of aliphatic hydroxyl groups excluding tert-OH is 1. The number of nitrogens with one attached hydrogen (secondary N) is 2. The smallest absolute Gasteiger partial charge is 0.191 e. The summed E-state index contributed by atoms with van der Waals surface area (Å²) in [6.45, 7) is 3.62. The average Bonchev–Trinajstić information content (AvgIpc) is 2.85. The Morgan fingerprint density at radius 1 is 1.40 bits per heavy atom. The maximum absolute atomic E-state index is 9.54. The van der Waals surface area contributed by atoms with Gasteiger partial charge in [-0.25, -0.2) is 4.99 Å². The quantitative estimate of drug-likeness (QED) is 0.572. The third kappa shape index (κ3) is 5.07. The average molecular weight is 360 g/mol. The Bertz CT molecular complexity index is 441. The molecule has 0 aromatic carbocycles. The van der Waals surface area contributed by atoms with Gasteiger partial charge in [0.05, 0.1) is 16.4 Å². The number of hydrogen-bond donors (Lipinski definition) is 3. The van der Waals surface area contributed by atoms with Crippen molar-refractivity contribution in [3.05, 3.63) is 20.8 Å². The molecule has 0 spiro atoms. The van der Waals surface area contributed by atoms with E-state index in [1.807, 2.05) is 0 Å². The zero-order chi connectivity index (χ0) is 14.4. The predicted octanol–water partition coefficient (Wildman–Crippen LogP) is 2.87. The fourth-order valence-corrected chi connectivity index (χ4v) is 3.73. The minimum absolute atomic E-state index is 0.115. The molecule has 0 amide bonds. The second kappa shape index (κ2) is 8.00. The van der Waals surface area contributed by atoms with Crippen LogP contribution in [-0.4, -0.2) is 29.8 Å². The van der Waals surface area contributed by atoms with Gasteiger partial charge in [-0.2, -0.15) is 0 Å². The number of aliphatic hydroxyl groups is 1. The van der Waals surface area contributed by atoms with E-state index in [2.05, 4.69) is 50.6 Å². The Kier molecular flexibility index (Phi) is 6.32. The maximum atomic E-state index is 9.54. The van der Waals surface area contributed by atoms with Crippen molar-refractivity contribution in [1.82, 2.24) is 10.6 Å². The van der Waals surface area contributed by atoms with Gasteiger partial charge in [-0.15, -0.1) is 11.3 Å². The molecule has 112 valence electrons. The largest absolute Gasteiger partial charge is 0.393 e. The van der Waals surface area contributed by atoms with Crippen LogP contribution in [0.3, 0.4) is 0 Å². The zero-order valence-corrected chi connectivity index (χ0v) is 14.1. The van der Waals surface area contributed by atoms with Crippen molar-refractivity contribution in [2.45, 2.75) is 51.3 Å². The van der Waals surface area contributed by atoms with Gasteiger partial charge in [0.2, 0.25) is 0 Å². The summed E-state index contributed by atoms with van der Waals surface area (Å²) in [7, 11) is 0. The molecule has 1 aliphatic rings. The molecule has 0 atom stereocenters. The predicted molar refractivity (Wildman–Crippen MR) is 88.2 cm³/mol. The third-order valence-corrected chi connectivity index (χ3v) is 5.01. The highest BCUT2D eigenvalue weighted by Crippen LogP contribution is 2.22. The van der Waals surface area contributed by atoms with Crippen LogP contribution in [0.25, 0.3) is 0 Å². The van der Waals surface area contributed by atoms with Gasteiger partial charge < -0.3 is 15.7 Å². The van der Waals surface area contributed by atoms with Crippen LogP contribution in [0.2, 0.25) is 0 Å². The van der Waals surface area contributed by atoms with Gasteiger partial charge in [-0.05, 0) is 60.7 Å². The van der Waals surface area contributed by atoms with Crippen LogP contribution >= 0.6 is 27.3 Å². The normalized spacial score (nSPS) is 23.6. The Balaban J connectivity index is 1.88. The summed E-state index contributed by atoms with van der Waals surface area (Å²) in [5.41, 5.74) is 0. The fourth-order valence-electron chi connectivity index (χ4n) is 2.33. The molecule has 6 heteroatoms. The lowest BCUT2D eigenvalue weighted by Gasteiger charge is -2.27. The second-order valence-electron chi connectivity index (χ2n) is 5.05. The van der Waals surface area contributed by atoms with Crippen molar-refractivity contribution in [2.75, 3.05) is 6.54 Å². The molecule has 1 aromatic rings. The van der Waals surface area contributed by atoms with Crippen LogP contribution < -0.4 is 10.6 Å². The molecule has 0 bridgehead atoms. The van der Waals surface area contributed by atoms with Crippen molar-refractivity contribution in [3.63, 3.8) is 0 Å². The highest BCUT2D eigenvalue weighted by Gasteiger charge is 2.19. The zero-order valence-electron chi connectivity index (χ0n) is 11.7. The van der Waals surface area contributed by atoms with Gasteiger partial charge in [0.15, 0.2) is 5.96 Å². The molecule has 1 aromatic heterocycles. The van der Waals surface area contributed by atoms with Gasteiger partial charge >= 0.3 is 0 Å². The van der Waals surface area contributed by atoms with Crippen LogP contribution in [0.15, 0.2) is 20.9 Å². The van der Waals surface area contributed by atoms with E-state index in [1.54, 1.807) is 11.3 Å². The first-order valence-corrected chi connectivity index (χ1v) is 8.75. The highest BCUT2D eigenvalue weighted by atomic mass is 79.9. The Labute approximate surface area is 132 Å². The lowest BCUT2D eigenvalue weighted by Crippen LogP contribution is -2.45. The number of rotatable bonds is 4. The monoisotopic (exact) mass is 359 g/mol. The summed E-state index contributed by atoms with van der Waals surface area (Å²) in [4.78, 5) is 5.88. The fraction of sp³-hybridized carbons (Fsp3) is 0.643. The van der Waals surface area contributed by atoms with Crippen LogP contribution in [0.5, 0.6) is 0 Å². The Morgan fingerprint density at radius 2 is 2.15 bits per heavy atom. The summed E-state index contributed by atoms with van der Waals surface area (Å²) < 4.78 is 1.14. The van der Waals surface area contributed by atoms with Gasteiger partial charge in [0, 0.05) is 17.5 Å². The lowest BCUT2D eigenvalue weighted by molar-refractivity contribution is 0.120. The molecule has 0 saturated heterocycles. The van der Waals surface area contributed by atoms with E-state index >= 15 is 0 Å². The molecule has 1 fully saturated rings. The molecular weight excluding hydrogens is 338 g/mol. The molecule has 1 saturated carbocycles. The van der Waals surface area contributed by atoms with E-state index in [9.17, 15) is 5.11 Å². The minimum atomic E-state index is -0.115. The second-order valence-corrected chi connectivity index (χ2v) is 7.60. The van der Waals surface area contributed by atoms with Gasteiger partial charge in [0.25, 0.3) is 0 Å². The van der Waals surface area contributed by atoms with Crippen molar-refractivity contribution in [2.24, 2.45) is 4.99 Å². The van der Waals surface area contributed by atoms with Crippen molar-refractivity contribution >= 4 is 33.2 Å². The van der Waals surface area contributed by atoms with Crippen molar-refractivity contribution < 1.29 is 5.11 Å². The van der Waals surface area contributed by atoms with E-state index < -0.39 is 0 Å². The van der Waals surface area contributed by atoms with Gasteiger partial charge in [-0.1, -0.05) is 0 Å². The Morgan fingerprint density at radius 3 is 2.75 bits per heavy atom. The number of thiophene rings is 1. The maximum Gasteiger partial charge on any atom is 0.191 e. The summed E-state index contributed by atoms with van der Waals surface area (Å²) in [5.74, 6) is 0.874. The summed E-state index contributed by atoms with van der Waals surface area (Å²) in [6.07, 6.45) is 3.67. The van der Waals surface area contributed by atoms with Crippen LogP contribution in [0.1, 0.15) is 37.5 Å². The molecular formula is C14H22BrN3OS. The molecule has 3 N–H and O–H groups in total. The Hall–Kier alpha value is -0.590. The number of aliphatic imine (C=N–C) groups is 1. The van der Waals surface area contributed by atoms with E-state index in [-0.39, 0.29) is 6.10 Å². The molecule has 0 unspecified atom stereocenters. The summed E-state index contributed by atoms with van der Waals surface area (Å²) >= 11 is 5.19. The number of nitrogens with zero attached hydrogens (tertiary/aromatic N) is 1. The number of guanidine groups is 1. The number of hydrogen-bond acceptors (Lipinski definition) is 3. The standard InChI is InChI=1S/C14H22BrN3OS/c1-2-16-14(17-9-12-7-8-13(15)20-12)18-10-3-5-11(19)6-4-10/h7-8,10-11,19H,2-6,9H2,1H3,(H2,16,17,18).